The van der Waals surface area contributed by atoms with Gasteiger partial charge in [0.1, 0.15) is 0 Å². The van der Waals surface area contributed by atoms with Gasteiger partial charge in [-0.15, -0.1) is 0 Å². The minimum Gasteiger partial charge on any atom is -0.478 e. The zero-order valence-electron chi connectivity index (χ0n) is 8.82. The van der Waals surface area contributed by atoms with Gasteiger partial charge >= 0.3 is 5.97 Å². The van der Waals surface area contributed by atoms with E-state index >= 15 is 0 Å². The summed E-state index contributed by atoms with van der Waals surface area (Å²) in [5.41, 5.74) is 0.464. The molecule has 0 saturated heterocycles. The Morgan fingerprint density at radius 3 is 2.36 bits per heavy atom. The molecule has 0 aromatic rings. The van der Waals surface area contributed by atoms with Crippen molar-refractivity contribution in [2.45, 2.75) is 38.7 Å². The second-order valence-electron chi connectivity index (χ2n) is 3.93. The highest BCUT2D eigenvalue weighted by molar-refractivity contribution is 5.85. The summed E-state index contributed by atoms with van der Waals surface area (Å²) in [6.07, 6.45) is 6.44. The van der Waals surface area contributed by atoms with Crippen LogP contribution in [0.2, 0.25) is 0 Å². The molecule has 14 heavy (non-hydrogen) atoms. The summed E-state index contributed by atoms with van der Waals surface area (Å²) in [6.45, 7) is 1.66. The number of hydrogen-bond acceptors (Lipinski definition) is 2. The predicted molar refractivity (Wildman–Crippen MR) is 54.1 cm³/mol. The van der Waals surface area contributed by atoms with Crippen molar-refractivity contribution in [3.05, 3.63) is 11.6 Å². The molecule has 0 radical (unpaired) electrons. The molecule has 0 bridgehead atoms. The van der Waals surface area contributed by atoms with Crippen LogP contribution in [0.1, 0.15) is 32.6 Å². The van der Waals surface area contributed by atoms with Crippen molar-refractivity contribution < 1.29 is 14.6 Å². The lowest BCUT2D eigenvalue weighted by molar-refractivity contribution is -0.132. The molecule has 0 aliphatic heterocycles. The minimum atomic E-state index is -0.807. The van der Waals surface area contributed by atoms with E-state index in [4.69, 9.17) is 9.84 Å². The fraction of sp³-hybridized carbons (Fsp3) is 0.727. The Labute approximate surface area is 84.8 Å². The quantitative estimate of drug-likeness (QED) is 0.707. The van der Waals surface area contributed by atoms with E-state index in [1.807, 2.05) is 6.08 Å². The number of carboxylic acids is 1. The average Bonchev–Trinajstić information content (AvgIpc) is 2.19. The van der Waals surface area contributed by atoms with Gasteiger partial charge in [0, 0.05) is 12.7 Å². The van der Waals surface area contributed by atoms with Crippen LogP contribution >= 0.6 is 0 Å². The third-order valence-electron chi connectivity index (χ3n) is 2.88. The van der Waals surface area contributed by atoms with Gasteiger partial charge in [-0.05, 0) is 38.5 Å². The summed E-state index contributed by atoms with van der Waals surface area (Å²) in [6, 6.07) is 0. The normalized spacial score (nSPS) is 28.9. The third-order valence-corrected chi connectivity index (χ3v) is 2.88. The minimum absolute atomic E-state index is 0.379. The van der Waals surface area contributed by atoms with Crippen LogP contribution in [-0.4, -0.2) is 24.3 Å². The lowest BCUT2D eigenvalue weighted by Crippen LogP contribution is -2.19. The van der Waals surface area contributed by atoms with Crippen LogP contribution in [0.15, 0.2) is 11.6 Å². The van der Waals surface area contributed by atoms with Crippen molar-refractivity contribution in [3.63, 3.8) is 0 Å². The molecule has 80 valence electrons. The predicted octanol–water partition coefficient (Wildman–Crippen LogP) is 2.22. The molecule has 1 fully saturated rings. The Morgan fingerprint density at radius 1 is 1.36 bits per heavy atom. The molecule has 1 aliphatic carbocycles. The Hall–Kier alpha value is -0.830. The van der Waals surface area contributed by atoms with Crippen LogP contribution < -0.4 is 0 Å². The highest BCUT2D eigenvalue weighted by atomic mass is 16.5. The van der Waals surface area contributed by atoms with Crippen molar-refractivity contribution in [3.8, 4) is 0 Å². The SMILES string of the molecule is COC1CCC(C=C(C)C(=O)O)CC1. The number of aliphatic carboxylic acids is 1. The van der Waals surface area contributed by atoms with E-state index in [-0.39, 0.29) is 0 Å². The summed E-state index contributed by atoms with van der Waals surface area (Å²) in [5.74, 6) is -0.378. The van der Waals surface area contributed by atoms with Gasteiger partial charge in [0.05, 0.1) is 6.10 Å². The van der Waals surface area contributed by atoms with Gasteiger partial charge in [-0.1, -0.05) is 6.08 Å². The first-order valence-corrected chi connectivity index (χ1v) is 5.08. The molecule has 0 amide bonds. The lowest BCUT2D eigenvalue weighted by Gasteiger charge is -2.25. The molecule has 0 unspecified atom stereocenters. The third kappa shape index (κ3) is 3.14. The fourth-order valence-electron chi connectivity index (χ4n) is 1.92. The van der Waals surface area contributed by atoms with Gasteiger partial charge in [-0.3, -0.25) is 0 Å². The first-order valence-electron chi connectivity index (χ1n) is 5.08. The van der Waals surface area contributed by atoms with Crippen molar-refractivity contribution in [1.82, 2.24) is 0 Å². The molecule has 0 atom stereocenters. The Balaban J connectivity index is 2.42. The second-order valence-corrected chi connectivity index (χ2v) is 3.93. The van der Waals surface area contributed by atoms with Crippen LogP contribution in [0.4, 0.5) is 0 Å². The molecule has 3 heteroatoms. The Kier molecular flexibility index (Phi) is 4.14. The van der Waals surface area contributed by atoms with Crippen LogP contribution in [-0.2, 0) is 9.53 Å². The highest BCUT2D eigenvalue weighted by Gasteiger charge is 2.19. The monoisotopic (exact) mass is 198 g/mol. The van der Waals surface area contributed by atoms with E-state index in [9.17, 15) is 4.79 Å². The van der Waals surface area contributed by atoms with Crippen LogP contribution in [0.5, 0.6) is 0 Å². The highest BCUT2D eigenvalue weighted by Crippen LogP contribution is 2.27. The molecule has 0 aromatic carbocycles. The van der Waals surface area contributed by atoms with Crippen LogP contribution in [0.3, 0.4) is 0 Å². The Bertz CT molecular complexity index is 225. The number of ether oxygens (including phenoxy) is 1. The molecule has 0 aromatic heterocycles. The lowest BCUT2D eigenvalue weighted by atomic mass is 9.86. The van der Waals surface area contributed by atoms with Crippen molar-refractivity contribution in [2.24, 2.45) is 5.92 Å². The van der Waals surface area contributed by atoms with E-state index in [0.717, 1.165) is 25.7 Å². The average molecular weight is 198 g/mol. The van der Waals surface area contributed by atoms with Gasteiger partial charge < -0.3 is 9.84 Å². The summed E-state index contributed by atoms with van der Waals surface area (Å²) in [5, 5.41) is 8.72. The molecular weight excluding hydrogens is 180 g/mol. The molecule has 3 nitrogen and oxygen atoms in total. The molecule has 1 rings (SSSR count). The number of hydrogen-bond donors (Lipinski definition) is 1. The van der Waals surface area contributed by atoms with E-state index in [0.29, 0.717) is 17.6 Å². The molecule has 1 N–H and O–H groups in total. The van der Waals surface area contributed by atoms with Crippen molar-refractivity contribution in [2.75, 3.05) is 7.11 Å². The maximum atomic E-state index is 10.6. The molecule has 1 saturated carbocycles. The first-order chi connectivity index (χ1) is 6.63. The summed E-state index contributed by atoms with van der Waals surface area (Å²) < 4.78 is 5.25. The number of rotatable bonds is 3. The van der Waals surface area contributed by atoms with Crippen LogP contribution in [0, 0.1) is 5.92 Å². The second kappa shape index (κ2) is 5.15. The van der Waals surface area contributed by atoms with Crippen molar-refractivity contribution in [1.29, 1.82) is 0 Å². The zero-order chi connectivity index (χ0) is 10.6. The van der Waals surface area contributed by atoms with Gasteiger partial charge in [0.25, 0.3) is 0 Å². The molecule has 1 aliphatic rings. The largest absolute Gasteiger partial charge is 0.478 e. The molecular formula is C11H18O3. The number of carbonyl (C=O) groups is 1. The van der Waals surface area contributed by atoms with E-state index in [2.05, 4.69) is 0 Å². The van der Waals surface area contributed by atoms with E-state index in [1.54, 1.807) is 14.0 Å². The number of methoxy groups -OCH3 is 1. The topological polar surface area (TPSA) is 46.5 Å². The fourth-order valence-corrected chi connectivity index (χ4v) is 1.92. The number of carboxylic acid groups (broad SMARTS) is 1. The smallest absolute Gasteiger partial charge is 0.330 e. The molecule has 0 spiro atoms. The van der Waals surface area contributed by atoms with Gasteiger partial charge in [0.2, 0.25) is 0 Å². The van der Waals surface area contributed by atoms with Gasteiger partial charge in [-0.25, -0.2) is 4.79 Å². The summed E-state index contributed by atoms with van der Waals surface area (Å²) >= 11 is 0. The maximum Gasteiger partial charge on any atom is 0.330 e. The zero-order valence-corrected chi connectivity index (χ0v) is 8.82. The van der Waals surface area contributed by atoms with Gasteiger partial charge in [-0.2, -0.15) is 0 Å². The standard InChI is InChI=1S/C11H18O3/c1-8(11(12)13)7-9-3-5-10(14-2)6-4-9/h7,9-10H,3-6H2,1-2H3,(H,12,13). The summed E-state index contributed by atoms with van der Waals surface area (Å²) in [4.78, 5) is 10.6. The van der Waals surface area contributed by atoms with Crippen LogP contribution in [0.25, 0.3) is 0 Å². The Morgan fingerprint density at radius 2 is 1.93 bits per heavy atom. The maximum absolute atomic E-state index is 10.6. The summed E-state index contributed by atoms with van der Waals surface area (Å²) in [7, 11) is 1.74. The number of allylic oxidation sites excluding steroid dienone is 1. The van der Waals surface area contributed by atoms with Gasteiger partial charge in [0.15, 0.2) is 0 Å². The first kappa shape index (κ1) is 11.2. The van der Waals surface area contributed by atoms with Crippen molar-refractivity contribution >= 4 is 5.97 Å². The van der Waals surface area contributed by atoms with E-state index in [1.165, 1.54) is 0 Å². The molecule has 0 heterocycles. The van der Waals surface area contributed by atoms with E-state index < -0.39 is 5.97 Å².